The van der Waals surface area contributed by atoms with E-state index in [1.165, 1.54) is 0 Å². The van der Waals surface area contributed by atoms with Gasteiger partial charge in [-0.2, -0.15) is 0 Å². The quantitative estimate of drug-likeness (QED) is 0.747. The summed E-state index contributed by atoms with van der Waals surface area (Å²) in [7, 11) is 0. The van der Waals surface area contributed by atoms with E-state index in [0.29, 0.717) is 18.0 Å². The number of hydrogen-bond acceptors (Lipinski definition) is 4. The molecule has 152 valence electrons. The molecule has 1 saturated heterocycles. The van der Waals surface area contributed by atoms with Crippen molar-refractivity contribution < 1.29 is 19.1 Å². The van der Waals surface area contributed by atoms with Gasteiger partial charge in [0.2, 0.25) is 11.8 Å². The predicted molar refractivity (Wildman–Crippen MR) is 111 cm³/mol. The van der Waals surface area contributed by atoms with Crippen LogP contribution in [0.25, 0.3) is 0 Å². The summed E-state index contributed by atoms with van der Waals surface area (Å²) in [6.45, 7) is 4.33. The number of carbonyl (C=O) groups excluding carboxylic acids is 3. The second-order valence-corrected chi connectivity index (χ2v) is 7.17. The molecule has 0 radical (unpaired) electrons. The minimum absolute atomic E-state index is 0.0626. The first-order chi connectivity index (χ1) is 14.0. The number of nitrogens with zero attached hydrogens (tertiary/aromatic N) is 1. The molecule has 6 heteroatoms. The van der Waals surface area contributed by atoms with Crippen LogP contribution < -0.4 is 15.0 Å². The first-order valence-electron chi connectivity index (χ1n) is 9.88. The van der Waals surface area contributed by atoms with E-state index in [1.54, 1.807) is 11.8 Å². The maximum Gasteiger partial charge on any atom is 0.227 e. The number of hydrogen-bond donors (Lipinski definition) is 1. The van der Waals surface area contributed by atoms with Gasteiger partial charge < -0.3 is 15.0 Å². The molecular weight excluding hydrogens is 368 g/mol. The van der Waals surface area contributed by atoms with Gasteiger partial charge in [0.05, 0.1) is 24.3 Å². The van der Waals surface area contributed by atoms with E-state index in [1.807, 2.05) is 61.5 Å². The molecule has 1 heterocycles. The van der Waals surface area contributed by atoms with Gasteiger partial charge in [-0.05, 0) is 31.5 Å². The summed E-state index contributed by atoms with van der Waals surface area (Å²) in [5.41, 5.74) is 1.58. The van der Waals surface area contributed by atoms with E-state index >= 15 is 0 Å². The first-order valence-corrected chi connectivity index (χ1v) is 9.88. The fourth-order valence-electron chi connectivity index (χ4n) is 3.44. The summed E-state index contributed by atoms with van der Waals surface area (Å²) in [6.07, 6.45) is 0.381. The van der Waals surface area contributed by atoms with Gasteiger partial charge in [-0.25, -0.2) is 0 Å². The fraction of sp³-hybridized carbons (Fsp3) is 0.348. The van der Waals surface area contributed by atoms with Gasteiger partial charge in [-0.3, -0.25) is 14.4 Å². The molecule has 3 rings (SSSR count). The van der Waals surface area contributed by atoms with Crippen molar-refractivity contribution in [3.8, 4) is 5.75 Å². The lowest BCUT2D eigenvalue weighted by Gasteiger charge is -2.20. The number of Topliss-reactive ketones (excluding diaryl/α,β-unsaturated/α-hetero) is 1. The number of para-hydroxylation sites is 2. The lowest BCUT2D eigenvalue weighted by Crippen LogP contribution is -2.43. The Morgan fingerprint density at radius 3 is 2.55 bits per heavy atom. The highest BCUT2D eigenvalue weighted by Crippen LogP contribution is 2.33. The van der Waals surface area contributed by atoms with Gasteiger partial charge in [-0.15, -0.1) is 0 Å². The van der Waals surface area contributed by atoms with Crippen molar-refractivity contribution in [2.75, 3.05) is 18.1 Å². The van der Waals surface area contributed by atoms with Crippen molar-refractivity contribution in [3.05, 3.63) is 60.2 Å². The van der Waals surface area contributed by atoms with E-state index in [9.17, 15) is 14.4 Å². The third-order valence-electron chi connectivity index (χ3n) is 5.01. The molecule has 1 aliphatic rings. The van der Waals surface area contributed by atoms with Gasteiger partial charge in [-0.1, -0.05) is 42.5 Å². The molecule has 0 unspecified atom stereocenters. The molecule has 2 aromatic rings. The molecule has 0 saturated carbocycles. The lowest BCUT2D eigenvalue weighted by atomic mass is 10.0. The van der Waals surface area contributed by atoms with Crippen molar-refractivity contribution >= 4 is 23.3 Å². The molecule has 1 aliphatic heterocycles. The smallest absolute Gasteiger partial charge is 0.227 e. The fourth-order valence-corrected chi connectivity index (χ4v) is 3.44. The SMILES string of the molecule is CCOc1ccccc1N1C[C@@H](C(=O)N[C@@H](C)C(=O)Cc2ccccc2)CC1=O. The number of carbonyl (C=O) groups is 3. The molecule has 29 heavy (non-hydrogen) atoms. The van der Waals surface area contributed by atoms with Crippen LogP contribution in [-0.4, -0.2) is 36.8 Å². The standard InChI is InChI=1S/C23H26N2O4/c1-3-29-21-12-8-7-11-19(21)25-15-18(14-22(25)27)23(28)24-16(2)20(26)13-17-9-5-4-6-10-17/h4-12,16,18H,3,13-15H2,1-2H3,(H,24,28)/t16-,18-/m0/s1. The molecule has 2 aromatic carbocycles. The molecule has 0 spiro atoms. The second-order valence-electron chi connectivity index (χ2n) is 7.17. The second kappa shape index (κ2) is 9.37. The van der Waals surface area contributed by atoms with Gasteiger partial charge in [0.1, 0.15) is 5.75 Å². The molecule has 1 fully saturated rings. The number of ether oxygens (including phenoxy) is 1. The van der Waals surface area contributed by atoms with Gasteiger partial charge >= 0.3 is 0 Å². The van der Waals surface area contributed by atoms with Crippen LogP contribution in [0.15, 0.2) is 54.6 Å². The van der Waals surface area contributed by atoms with E-state index in [4.69, 9.17) is 4.74 Å². The number of benzene rings is 2. The van der Waals surface area contributed by atoms with Crippen molar-refractivity contribution in [2.24, 2.45) is 5.92 Å². The normalized spacial score (nSPS) is 17.1. The Morgan fingerprint density at radius 1 is 1.14 bits per heavy atom. The Morgan fingerprint density at radius 2 is 1.83 bits per heavy atom. The molecule has 2 amide bonds. The maximum atomic E-state index is 12.7. The third-order valence-corrected chi connectivity index (χ3v) is 5.01. The Bertz CT molecular complexity index is 881. The zero-order chi connectivity index (χ0) is 20.8. The van der Waals surface area contributed by atoms with E-state index in [0.717, 1.165) is 5.56 Å². The van der Waals surface area contributed by atoms with Crippen LogP contribution >= 0.6 is 0 Å². The van der Waals surface area contributed by atoms with Crippen molar-refractivity contribution in [2.45, 2.75) is 32.7 Å². The monoisotopic (exact) mass is 394 g/mol. The molecule has 0 bridgehead atoms. The van der Waals surface area contributed by atoms with Crippen LogP contribution in [0.5, 0.6) is 5.75 Å². The minimum Gasteiger partial charge on any atom is -0.492 e. The Hall–Kier alpha value is -3.15. The highest BCUT2D eigenvalue weighted by molar-refractivity contribution is 6.02. The van der Waals surface area contributed by atoms with E-state index in [2.05, 4.69) is 5.32 Å². The zero-order valence-corrected chi connectivity index (χ0v) is 16.8. The molecule has 0 aromatic heterocycles. The van der Waals surface area contributed by atoms with Gasteiger partial charge in [0, 0.05) is 19.4 Å². The van der Waals surface area contributed by atoms with Crippen molar-refractivity contribution in [1.29, 1.82) is 0 Å². The highest BCUT2D eigenvalue weighted by atomic mass is 16.5. The molecule has 0 aliphatic carbocycles. The van der Waals surface area contributed by atoms with Gasteiger partial charge in [0.15, 0.2) is 5.78 Å². The summed E-state index contributed by atoms with van der Waals surface area (Å²) in [5.74, 6) is -0.336. The van der Waals surface area contributed by atoms with Crippen LogP contribution in [-0.2, 0) is 20.8 Å². The maximum absolute atomic E-state index is 12.7. The minimum atomic E-state index is -0.609. The third kappa shape index (κ3) is 5.02. The summed E-state index contributed by atoms with van der Waals surface area (Å²) >= 11 is 0. The highest BCUT2D eigenvalue weighted by Gasteiger charge is 2.37. The van der Waals surface area contributed by atoms with E-state index < -0.39 is 12.0 Å². The molecule has 6 nitrogen and oxygen atoms in total. The van der Waals surface area contributed by atoms with Crippen LogP contribution in [0.2, 0.25) is 0 Å². The average Bonchev–Trinajstić information content (AvgIpc) is 3.11. The predicted octanol–water partition coefficient (Wildman–Crippen LogP) is 2.75. The Balaban J connectivity index is 1.61. The number of amides is 2. The van der Waals surface area contributed by atoms with Crippen LogP contribution in [0.3, 0.4) is 0 Å². The van der Waals surface area contributed by atoms with Crippen molar-refractivity contribution in [1.82, 2.24) is 5.32 Å². The molecular formula is C23H26N2O4. The number of nitrogens with one attached hydrogen (secondary N) is 1. The van der Waals surface area contributed by atoms with Gasteiger partial charge in [0.25, 0.3) is 0 Å². The summed E-state index contributed by atoms with van der Waals surface area (Å²) in [4.78, 5) is 39.2. The number of ketones is 1. The number of anilines is 1. The largest absolute Gasteiger partial charge is 0.492 e. The Labute approximate surface area is 170 Å². The topological polar surface area (TPSA) is 75.7 Å². The summed E-state index contributed by atoms with van der Waals surface area (Å²) in [6, 6.07) is 16.1. The summed E-state index contributed by atoms with van der Waals surface area (Å²) in [5, 5.41) is 2.78. The number of rotatable bonds is 8. The molecule has 2 atom stereocenters. The average molecular weight is 394 g/mol. The van der Waals surface area contributed by atoms with Crippen LogP contribution in [0, 0.1) is 5.92 Å². The Kier molecular flexibility index (Phi) is 6.65. The zero-order valence-electron chi connectivity index (χ0n) is 16.8. The van der Waals surface area contributed by atoms with Crippen LogP contribution in [0.1, 0.15) is 25.8 Å². The molecule has 1 N–H and O–H groups in total. The van der Waals surface area contributed by atoms with E-state index in [-0.39, 0.29) is 37.0 Å². The summed E-state index contributed by atoms with van der Waals surface area (Å²) < 4.78 is 5.61. The lowest BCUT2D eigenvalue weighted by molar-refractivity contribution is -0.130. The van der Waals surface area contributed by atoms with Crippen molar-refractivity contribution in [3.63, 3.8) is 0 Å². The van der Waals surface area contributed by atoms with Crippen LogP contribution in [0.4, 0.5) is 5.69 Å². The first kappa shape index (κ1) is 20.6.